The van der Waals surface area contributed by atoms with E-state index in [0.29, 0.717) is 5.69 Å². The first-order valence-corrected chi connectivity index (χ1v) is 13.3. The summed E-state index contributed by atoms with van der Waals surface area (Å²) in [5, 5.41) is 12.7. The number of fused-ring (bicyclic) bond motifs is 2. The van der Waals surface area contributed by atoms with Gasteiger partial charge in [-0.15, -0.1) is 11.3 Å². The van der Waals surface area contributed by atoms with Gasteiger partial charge in [0.1, 0.15) is 5.69 Å². The van der Waals surface area contributed by atoms with Gasteiger partial charge in [-0.25, -0.2) is 0 Å². The van der Waals surface area contributed by atoms with E-state index in [1.165, 1.54) is 11.3 Å². The smallest absolute Gasteiger partial charge is 0.229 e. The number of ketones is 1. The first-order valence-electron chi connectivity index (χ1n) is 12.5. The number of pyridine rings is 2. The molecular weight excluding hydrogens is 508 g/mol. The molecule has 0 bridgehead atoms. The van der Waals surface area contributed by atoms with Crippen LogP contribution in [0.3, 0.4) is 0 Å². The van der Waals surface area contributed by atoms with Gasteiger partial charge in [0, 0.05) is 44.6 Å². The van der Waals surface area contributed by atoms with Crippen LogP contribution in [-0.4, -0.2) is 36.8 Å². The molecular formula is C30H26N6O2S. The van der Waals surface area contributed by atoms with E-state index < -0.39 is 5.41 Å². The Morgan fingerprint density at radius 3 is 2.46 bits per heavy atom. The first kappa shape index (κ1) is 24.7. The predicted molar refractivity (Wildman–Crippen MR) is 156 cm³/mol. The number of thiophene rings is 1. The Morgan fingerprint density at radius 2 is 1.69 bits per heavy atom. The Bertz CT molecular complexity index is 1890. The summed E-state index contributed by atoms with van der Waals surface area (Å²) in [5.74, 6) is -0.0148. The fourth-order valence-corrected chi connectivity index (χ4v) is 5.36. The number of nitrogens with zero attached hydrogens (tertiary/aromatic N) is 3. The summed E-state index contributed by atoms with van der Waals surface area (Å²) in [6.07, 6.45) is 7.06. The van der Waals surface area contributed by atoms with E-state index in [1.807, 2.05) is 57.3 Å². The minimum absolute atomic E-state index is 0.0530. The number of H-pyrrole nitrogens is 2. The predicted octanol–water partition coefficient (Wildman–Crippen LogP) is 7.08. The molecule has 0 saturated heterocycles. The highest BCUT2D eigenvalue weighted by Gasteiger charge is 2.21. The average molecular weight is 535 g/mol. The monoisotopic (exact) mass is 534 g/mol. The van der Waals surface area contributed by atoms with Crippen LogP contribution in [0.5, 0.6) is 0 Å². The minimum Gasteiger partial charge on any atom is -0.352 e. The van der Waals surface area contributed by atoms with Gasteiger partial charge in [-0.1, -0.05) is 26.8 Å². The molecule has 39 heavy (non-hydrogen) atoms. The quantitative estimate of drug-likeness (QED) is 0.204. The number of aromatic amines is 2. The Labute approximate surface area is 228 Å². The molecule has 0 spiro atoms. The van der Waals surface area contributed by atoms with Crippen molar-refractivity contribution in [2.24, 2.45) is 5.41 Å². The molecule has 6 aromatic rings. The third-order valence-corrected chi connectivity index (χ3v) is 7.81. The summed E-state index contributed by atoms with van der Waals surface area (Å²) in [7, 11) is 0. The second-order valence-electron chi connectivity index (χ2n) is 10.6. The van der Waals surface area contributed by atoms with Crippen molar-refractivity contribution in [2.45, 2.75) is 27.7 Å². The number of carbonyl (C=O) groups excluding carboxylic acids is 2. The second kappa shape index (κ2) is 9.28. The largest absolute Gasteiger partial charge is 0.352 e. The molecule has 5 aromatic heterocycles. The maximum Gasteiger partial charge on any atom is 0.229 e. The normalized spacial score (nSPS) is 11.8. The number of nitrogens with one attached hydrogen (secondary N) is 3. The van der Waals surface area contributed by atoms with Crippen LogP contribution in [0.1, 0.15) is 37.4 Å². The van der Waals surface area contributed by atoms with Gasteiger partial charge < -0.3 is 10.3 Å². The number of benzene rings is 1. The number of hydrogen-bond acceptors (Lipinski definition) is 6. The molecule has 0 saturated carbocycles. The summed E-state index contributed by atoms with van der Waals surface area (Å²) in [4.78, 5) is 38.3. The number of aromatic nitrogens is 5. The standard InChI is InChI=1S/C30H26N6O2S/c1-16(37)26-7-8-27(39-26)22-14-32-15-25-20(22)11-24(34-25)28-21-10-17(5-6-23(21)35-36-28)18-9-19(13-31-12-18)33-29(38)30(2,3)4/h5-15,34H,1-4H3,(H,33,38)(H,35,36). The van der Waals surface area contributed by atoms with Crippen LogP contribution in [0.2, 0.25) is 0 Å². The molecule has 0 radical (unpaired) electrons. The van der Waals surface area contributed by atoms with Crippen LogP contribution >= 0.6 is 11.3 Å². The molecule has 6 rings (SSSR count). The molecule has 0 aliphatic heterocycles. The Balaban J connectivity index is 1.39. The Morgan fingerprint density at radius 1 is 0.872 bits per heavy atom. The lowest BCUT2D eigenvalue weighted by molar-refractivity contribution is -0.123. The molecule has 1 aromatic carbocycles. The molecule has 9 heteroatoms. The fraction of sp³-hybridized carbons (Fsp3) is 0.167. The van der Waals surface area contributed by atoms with Crippen molar-refractivity contribution in [1.82, 2.24) is 25.1 Å². The SMILES string of the molecule is CC(=O)c1ccc(-c2cncc3[nH]c(-c4n[nH]c5ccc(-c6cncc(NC(=O)C(C)(C)C)c6)cc45)cc23)s1. The maximum atomic E-state index is 12.5. The van der Waals surface area contributed by atoms with E-state index in [2.05, 4.69) is 42.6 Å². The lowest BCUT2D eigenvalue weighted by atomic mass is 9.95. The van der Waals surface area contributed by atoms with E-state index in [4.69, 9.17) is 0 Å². The van der Waals surface area contributed by atoms with Crippen molar-refractivity contribution < 1.29 is 9.59 Å². The van der Waals surface area contributed by atoms with E-state index in [0.717, 1.165) is 59.6 Å². The van der Waals surface area contributed by atoms with E-state index >= 15 is 0 Å². The van der Waals surface area contributed by atoms with Crippen LogP contribution in [0.25, 0.3) is 54.8 Å². The van der Waals surface area contributed by atoms with Gasteiger partial charge in [0.25, 0.3) is 0 Å². The molecule has 0 unspecified atom stereocenters. The van der Waals surface area contributed by atoms with Crippen molar-refractivity contribution in [1.29, 1.82) is 0 Å². The van der Waals surface area contributed by atoms with Gasteiger partial charge in [0.15, 0.2) is 5.78 Å². The van der Waals surface area contributed by atoms with Crippen LogP contribution in [-0.2, 0) is 4.79 Å². The molecule has 5 heterocycles. The first-order chi connectivity index (χ1) is 18.7. The topological polar surface area (TPSA) is 116 Å². The zero-order chi connectivity index (χ0) is 27.3. The van der Waals surface area contributed by atoms with Crippen molar-refractivity contribution >= 4 is 50.5 Å². The van der Waals surface area contributed by atoms with Gasteiger partial charge in [0.2, 0.25) is 5.91 Å². The summed E-state index contributed by atoms with van der Waals surface area (Å²) < 4.78 is 0. The van der Waals surface area contributed by atoms with Gasteiger partial charge in [-0.05, 0) is 48.9 Å². The highest BCUT2D eigenvalue weighted by molar-refractivity contribution is 7.17. The molecule has 0 fully saturated rings. The van der Waals surface area contributed by atoms with Crippen LogP contribution < -0.4 is 5.32 Å². The molecule has 3 N–H and O–H groups in total. The van der Waals surface area contributed by atoms with E-state index in [-0.39, 0.29) is 11.7 Å². The highest BCUT2D eigenvalue weighted by atomic mass is 32.1. The number of amides is 1. The van der Waals surface area contributed by atoms with Crippen LogP contribution in [0, 0.1) is 5.41 Å². The Hall–Kier alpha value is -4.63. The molecule has 0 aliphatic carbocycles. The minimum atomic E-state index is -0.505. The number of anilines is 1. The van der Waals surface area contributed by atoms with Gasteiger partial charge in [0.05, 0.1) is 39.7 Å². The zero-order valence-corrected chi connectivity index (χ0v) is 22.7. The second-order valence-corrected chi connectivity index (χ2v) is 11.6. The van der Waals surface area contributed by atoms with Gasteiger partial charge in [-0.2, -0.15) is 5.10 Å². The fourth-order valence-electron chi connectivity index (χ4n) is 4.43. The van der Waals surface area contributed by atoms with Crippen LogP contribution in [0.15, 0.2) is 67.3 Å². The summed E-state index contributed by atoms with van der Waals surface area (Å²) in [6, 6.07) is 13.9. The zero-order valence-electron chi connectivity index (χ0n) is 21.9. The highest BCUT2D eigenvalue weighted by Crippen LogP contribution is 2.37. The van der Waals surface area contributed by atoms with Crippen molar-refractivity contribution in [2.75, 3.05) is 5.32 Å². The van der Waals surface area contributed by atoms with Crippen molar-refractivity contribution in [3.8, 4) is 33.0 Å². The molecule has 1 amide bonds. The summed E-state index contributed by atoms with van der Waals surface area (Å²) in [6.45, 7) is 7.20. The maximum absolute atomic E-state index is 12.5. The molecule has 0 atom stereocenters. The lowest BCUT2D eigenvalue weighted by Crippen LogP contribution is -2.27. The summed E-state index contributed by atoms with van der Waals surface area (Å²) in [5.41, 5.74) is 6.39. The van der Waals surface area contributed by atoms with Crippen molar-refractivity contribution in [3.05, 3.63) is 72.1 Å². The van der Waals surface area contributed by atoms with E-state index in [1.54, 1.807) is 25.5 Å². The lowest BCUT2D eigenvalue weighted by Gasteiger charge is -2.17. The third kappa shape index (κ3) is 4.61. The van der Waals surface area contributed by atoms with Gasteiger partial charge >= 0.3 is 0 Å². The average Bonchev–Trinajstić information content (AvgIpc) is 3.65. The number of rotatable bonds is 5. The van der Waals surface area contributed by atoms with Crippen molar-refractivity contribution in [3.63, 3.8) is 0 Å². The van der Waals surface area contributed by atoms with Gasteiger partial charge in [-0.3, -0.25) is 24.7 Å². The number of carbonyl (C=O) groups is 2. The third-order valence-electron chi connectivity index (χ3n) is 6.59. The van der Waals surface area contributed by atoms with E-state index in [9.17, 15) is 9.59 Å². The van der Waals surface area contributed by atoms with Crippen LogP contribution in [0.4, 0.5) is 5.69 Å². The molecule has 194 valence electrons. The number of Topliss-reactive ketones (excluding diaryl/α,β-unsaturated/α-hetero) is 1. The summed E-state index contributed by atoms with van der Waals surface area (Å²) >= 11 is 1.47. The number of hydrogen-bond donors (Lipinski definition) is 3. The molecule has 0 aliphatic rings. The Kier molecular flexibility index (Phi) is 5.88. The molecule has 8 nitrogen and oxygen atoms in total.